The normalized spacial score (nSPS) is 15.4. The maximum Gasteiger partial charge on any atom is 0.249 e. The Labute approximate surface area is 184 Å². The smallest absolute Gasteiger partial charge is 0.249 e. The monoisotopic (exact) mass is 411 g/mol. The summed E-state index contributed by atoms with van der Waals surface area (Å²) in [7, 11) is 0. The zero-order chi connectivity index (χ0) is 21.5. The number of carbonyl (C=O) groups excluding carboxylic acids is 1. The molecule has 3 aromatic rings. The Morgan fingerprint density at radius 3 is 1.87 bits per heavy atom. The minimum atomic E-state index is -0.403. The quantitative estimate of drug-likeness (QED) is 0.591. The van der Waals surface area contributed by atoms with E-state index in [-0.39, 0.29) is 0 Å². The highest BCUT2D eigenvalue weighted by Gasteiger charge is 2.17. The van der Waals surface area contributed by atoms with Crippen molar-refractivity contribution in [3.63, 3.8) is 0 Å². The van der Waals surface area contributed by atoms with E-state index in [1.165, 1.54) is 11.1 Å². The van der Waals surface area contributed by atoms with Crippen LogP contribution in [0.5, 0.6) is 0 Å². The van der Waals surface area contributed by atoms with Gasteiger partial charge in [-0.2, -0.15) is 0 Å². The predicted octanol–water partition coefficient (Wildman–Crippen LogP) is 4.27. The van der Waals surface area contributed by atoms with Crippen LogP contribution in [-0.4, -0.2) is 41.9 Å². The number of piperazine rings is 1. The minimum Gasteiger partial charge on any atom is -0.366 e. The van der Waals surface area contributed by atoms with Gasteiger partial charge < -0.3 is 5.73 Å². The van der Waals surface area contributed by atoms with Crippen LogP contribution in [0.25, 0.3) is 12.2 Å². The van der Waals surface area contributed by atoms with Gasteiger partial charge in [0.05, 0.1) is 0 Å². The van der Waals surface area contributed by atoms with Crippen molar-refractivity contribution in [3.8, 4) is 0 Å². The van der Waals surface area contributed by atoms with Crippen molar-refractivity contribution in [2.75, 3.05) is 26.2 Å². The standard InChI is InChI=1S/C27H29N3O/c28-27(31)26-9-5-4-8-25(26)15-14-22-10-12-24(13-11-22)21-30-18-16-29(17-19-30)20-23-6-2-1-3-7-23/h1-15H,16-21H2,(H2,28,31)/b15-14+. The molecule has 0 radical (unpaired) electrons. The van der Waals surface area contributed by atoms with Gasteiger partial charge in [-0.15, -0.1) is 0 Å². The van der Waals surface area contributed by atoms with Crippen molar-refractivity contribution >= 4 is 18.1 Å². The zero-order valence-corrected chi connectivity index (χ0v) is 17.8. The molecule has 0 saturated carbocycles. The Bertz CT molecular complexity index is 1020. The van der Waals surface area contributed by atoms with Crippen LogP contribution < -0.4 is 5.73 Å². The molecule has 0 bridgehead atoms. The van der Waals surface area contributed by atoms with E-state index >= 15 is 0 Å². The first-order chi connectivity index (χ1) is 15.2. The molecule has 1 fully saturated rings. The topological polar surface area (TPSA) is 49.6 Å². The molecule has 4 nitrogen and oxygen atoms in total. The molecular weight excluding hydrogens is 382 g/mol. The molecule has 4 rings (SSSR count). The van der Waals surface area contributed by atoms with Gasteiger partial charge in [0.1, 0.15) is 0 Å². The second-order valence-electron chi connectivity index (χ2n) is 8.06. The summed E-state index contributed by atoms with van der Waals surface area (Å²) in [6.45, 7) is 6.42. The summed E-state index contributed by atoms with van der Waals surface area (Å²) in [5.41, 5.74) is 10.7. The molecule has 1 heterocycles. The third-order valence-electron chi connectivity index (χ3n) is 5.78. The maximum absolute atomic E-state index is 11.6. The van der Waals surface area contributed by atoms with Crippen molar-refractivity contribution in [2.45, 2.75) is 13.1 Å². The molecule has 0 unspecified atom stereocenters. The van der Waals surface area contributed by atoms with E-state index in [4.69, 9.17) is 5.73 Å². The van der Waals surface area contributed by atoms with E-state index in [1.54, 1.807) is 6.07 Å². The lowest BCUT2D eigenvalue weighted by molar-refractivity contribution is 0.1000. The molecule has 0 atom stereocenters. The van der Waals surface area contributed by atoms with Gasteiger partial charge in [0, 0.05) is 44.8 Å². The summed E-state index contributed by atoms with van der Waals surface area (Å²) in [5.74, 6) is -0.403. The highest BCUT2D eigenvalue weighted by atomic mass is 16.1. The molecule has 1 saturated heterocycles. The van der Waals surface area contributed by atoms with Crippen LogP contribution in [0.1, 0.15) is 32.6 Å². The van der Waals surface area contributed by atoms with Crippen molar-refractivity contribution in [3.05, 3.63) is 107 Å². The van der Waals surface area contributed by atoms with Crippen LogP contribution in [-0.2, 0) is 13.1 Å². The number of rotatable bonds is 7. The molecule has 0 aromatic heterocycles. The SMILES string of the molecule is NC(=O)c1ccccc1/C=C/c1ccc(CN2CCN(Cc3ccccc3)CC2)cc1. The summed E-state index contributed by atoms with van der Waals surface area (Å²) < 4.78 is 0. The fourth-order valence-electron chi connectivity index (χ4n) is 3.99. The largest absolute Gasteiger partial charge is 0.366 e. The number of amides is 1. The summed E-state index contributed by atoms with van der Waals surface area (Å²) in [4.78, 5) is 16.6. The van der Waals surface area contributed by atoms with Crippen LogP contribution in [0.2, 0.25) is 0 Å². The molecular formula is C27H29N3O. The summed E-state index contributed by atoms with van der Waals surface area (Å²) >= 11 is 0. The molecule has 4 heteroatoms. The lowest BCUT2D eigenvalue weighted by Gasteiger charge is -2.34. The molecule has 0 aliphatic carbocycles. The average Bonchev–Trinajstić information content (AvgIpc) is 2.81. The predicted molar refractivity (Wildman–Crippen MR) is 127 cm³/mol. The first-order valence-corrected chi connectivity index (χ1v) is 10.8. The Morgan fingerprint density at radius 2 is 1.26 bits per heavy atom. The van der Waals surface area contributed by atoms with Gasteiger partial charge >= 0.3 is 0 Å². The molecule has 1 amide bonds. The lowest BCUT2D eigenvalue weighted by Crippen LogP contribution is -2.45. The fourth-order valence-corrected chi connectivity index (χ4v) is 3.99. The second-order valence-corrected chi connectivity index (χ2v) is 8.06. The summed E-state index contributed by atoms with van der Waals surface area (Å²) in [6, 6.07) is 26.7. The number of nitrogens with two attached hydrogens (primary N) is 1. The number of carbonyl (C=O) groups is 1. The number of nitrogens with zero attached hydrogens (tertiary/aromatic N) is 2. The minimum absolute atomic E-state index is 0.403. The van der Waals surface area contributed by atoms with Gasteiger partial charge in [-0.1, -0.05) is 84.9 Å². The molecule has 2 N–H and O–H groups in total. The third kappa shape index (κ3) is 5.91. The molecule has 0 spiro atoms. The lowest BCUT2D eigenvalue weighted by atomic mass is 10.0. The Kier molecular flexibility index (Phi) is 6.92. The van der Waals surface area contributed by atoms with E-state index in [9.17, 15) is 4.79 Å². The van der Waals surface area contributed by atoms with E-state index in [2.05, 4.69) is 64.4 Å². The van der Waals surface area contributed by atoms with Gasteiger partial charge in [-0.25, -0.2) is 0 Å². The van der Waals surface area contributed by atoms with E-state index in [0.29, 0.717) is 5.56 Å². The van der Waals surface area contributed by atoms with Crippen LogP contribution >= 0.6 is 0 Å². The Morgan fingerprint density at radius 1 is 0.710 bits per heavy atom. The molecule has 3 aromatic carbocycles. The van der Waals surface area contributed by atoms with Crippen molar-refractivity contribution < 1.29 is 4.79 Å². The van der Waals surface area contributed by atoms with Crippen molar-refractivity contribution in [2.24, 2.45) is 5.73 Å². The van der Waals surface area contributed by atoms with Crippen LogP contribution in [0.15, 0.2) is 78.9 Å². The van der Waals surface area contributed by atoms with Gasteiger partial charge in [0.25, 0.3) is 0 Å². The highest BCUT2D eigenvalue weighted by Crippen LogP contribution is 2.15. The first kappa shape index (κ1) is 21.0. The molecule has 158 valence electrons. The summed E-state index contributed by atoms with van der Waals surface area (Å²) in [5, 5.41) is 0. The van der Waals surface area contributed by atoms with Crippen LogP contribution in [0.3, 0.4) is 0 Å². The Hall–Kier alpha value is -3.21. The van der Waals surface area contributed by atoms with E-state index in [1.807, 2.05) is 30.4 Å². The van der Waals surface area contributed by atoms with Gasteiger partial charge in [-0.05, 0) is 28.3 Å². The van der Waals surface area contributed by atoms with Crippen LogP contribution in [0.4, 0.5) is 0 Å². The number of primary amides is 1. The second kappa shape index (κ2) is 10.2. The fraction of sp³-hybridized carbons (Fsp3) is 0.222. The summed E-state index contributed by atoms with van der Waals surface area (Å²) in [6.07, 6.45) is 3.97. The van der Waals surface area contributed by atoms with Crippen LogP contribution in [0, 0.1) is 0 Å². The van der Waals surface area contributed by atoms with Crippen molar-refractivity contribution in [1.29, 1.82) is 0 Å². The van der Waals surface area contributed by atoms with E-state index in [0.717, 1.165) is 50.4 Å². The number of benzene rings is 3. The number of hydrogen-bond acceptors (Lipinski definition) is 3. The molecule has 1 aliphatic heterocycles. The van der Waals surface area contributed by atoms with E-state index < -0.39 is 5.91 Å². The number of hydrogen-bond donors (Lipinski definition) is 1. The van der Waals surface area contributed by atoms with Gasteiger partial charge in [0.2, 0.25) is 5.91 Å². The zero-order valence-electron chi connectivity index (χ0n) is 17.8. The first-order valence-electron chi connectivity index (χ1n) is 10.8. The van der Waals surface area contributed by atoms with Gasteiger partial charge in [-0.3, -0.25) is 14.6 Å². The maximum atomic E-state index is 11.6. The van der Waals surface area contributed by atoms with Gasteiger partial charge in [0.15, 0.2) is 0 Å². The third-order valence-corrected chi connectivity index (χ3v) is 5.78. The Balaban J connectivity index is 1.29. The highest BCUT2D eigenvalue weighted by molar-refractivity contribution is 5.97. The molecule has 31 heavy (non-hydrogen) atoms. The van der Waals surface area contributed by atoms with Crippen molar-refractivity contribution in [1.82, 2.24) is 9.80 Å². The molecule has 1 aliphatic rings. The average molecular weight is 412 g/mol.